The second-order valence-electron chi connectivity index (χ2n) is 3.96. The topological polar surface area (TPSA) is 80.0 Å². The van der Waals surface area contributed by atoms with Crippen molar-refractivity contribution >= 4 is 16.9 Å². The first-order chi connectivity index (χ1) is 8.75. The van der Waals surface area contributed by atoms with Gasteiger partial charge in [-0.25, -0.2) is 4.79 Å². The van der Waals surface area contributed by atoms with Crippen molar-refractivity contribution in [1.29, 1.82) is 0 Å². The van der Waals surface area contributed by atoms with Crippen molar-refractivity contribution in [3.63, 3.8) is 0 Å². The van der Waals surface area contributed by atoms with E-state index in [0.717, 1.165) is 16.6 Å². The van der Waals surface area contributed by atoms with Crippen LogP contribution in [-0.2, 0) is 6.54 Å². The number of nitrogens with zero attached hydrogens (tertiary/aromatic N) is 1. The molecule has 0 unspecified atom stereocenters. The number of urea groups is 1. The molecule has 1 heterocycles. The number of primary amides is 1. The molecular weight excluding hydrogens is 228 g/mol. The van der Waals surface area contributed by atoms with Crippen molar-refractivity contribution in [2.75, 3.05) is 13.1 Å². The molecule has 0 spiro atoms. The van der Waals surface area contributed by atoms with Crippen LogP contribution < -0.4 is 16.4 Å². The summed E-state index contributed by atoms with van der Waals surface area (Å²) in [7, 11) is 0. The molecule has 18 heavy (non-hydrogen) atoms. The Balaban J connectivity index is 1.86. The number of fused-ring (bicyclic) bond motifs is 1. The molecule has 1 aromatic carbocycles. The highest BCUT2D eigenvalue weighted by Crippen LogP contribution is 2.11. The number of hydrogen-bond acceptors (Lipinski definition) is 3. The summed E-state index contributed by atoms with van der Waals surface area (Å²) in [6, 6.07) is 11.6. The van der Waals surface area contributed by atoms with Crippen LogP contribution in [0.1, 0.15) is 5.69 Å². The van der Waals surface area contributed by atoms with Crippen LogP contribution in [-0.4, -0.2) is 24.1 Å². The summed E-state index contributed by atoms with van der Waals surface area (Å²) in [5.74, 6) is 0. The van der Waals surface area contributed by atoms with Gasteiger partial charge in [0.2, 0.25) is 0 Å². The number of nitrogens with two attached hydrogens (primary N) is 1. The minimum absolute atomic E-state index is 0.499. The highest BCUT2D eigenvalue weighted by Gasteiger charge is 1.97. The molecular formula is C13H16N4O. The van der Waals surface area contributed by atoms with Gasteiger partial charge >= 0.3 is 6.03 Å². The van der Waals surface area contributed by atoms with Gasteiger partial charge in [0.15, 0.2) is 0 Å². The van der Waals surface area contributed by atoms with Gasteiger partial charge in [0.05, 0.1) is 11.2 Å². The summed E-state index contributed by atoms with van der Waals surface area (Å²) in [6.45, 7) is 1.85. The largest absolute Gasteiger partial charge is 0.352 e. The lowest BCUT2D eigenvalue weighted by molar-refractivity contribution is 0.249. The molecule has 1 aromatic heterocycles. The molecule has 0 saturated carbocycles. The summed E-state index contributed by atoms with van der Waals surface area (Å²) in [5, 5.41) is 6.84. The Bertz CT molecular complexity index is 541. The van der Waals surface area contributed by atoms with Gasteiger partial charge in [-0.05, 0) is 12.1 Å². The molecule has 0 fully saturated rings. The second-order valence-corrected chi connectivity index (χ2v) is 3.96. The minimum Gasteiger partial charge on any atom is -0.352 e. The van der Waals surface area contributed by atoms with Gasteiger partial charge in [-0.15, -0.1) is 0 Å². The van der Waals surface area contributed by atoms with Gasteiger partial charge in [-0.3, -0.25) is 4.98 Å². The fourth-order valence-electron chi connectivity index (χ4n) is 1.70. The van der Waals surface area contributed by atoms with E-state index in [1.165, 1.54) is 0 Å². The molecule has 0 aliphatic heterocycles. The predicted octanol–water partition coefficient (Wildman–Crippen LogP) is 0.993. The van der Waals surface area contributed by atoms with Crippen molar-refractivity contribution in [2.45, 2.75) is 6.54 Å². The highest BCUT2D eigenvalue weighted by molar-refractivity contribution is 5.78. The van der Waals surface area contributed by atoms with Crippen LogP contribution in [0.15, 0.2) is 36.4 Å². The standard InChI is InChI=1S/C13H16N4O/c14-13(18)16-8-7-15-9-11-6-5-10-3-1-2-4-12(10)17-11/h1-6,15H,7-9H2,(H3,14,16,18). The predicted molar refractivity (Wildman–Crippen MR) is 71.0 cm³/mol. The molecule has 2 aromatic rings. The molecule has 94 valence electrons. The number of aromatic nitrogens is 1. The Hall–Kier alpha value is -2.14. The van der Waals surface area contributed by atoms with E-state index in [-0.39, 0.29) is 0 Å². The van der Waals surface area contributed by atoms with E-state index in [1.807, 2.05) is 30.3 Å². The van der Waals surface area contributed by atoms with Gasteiger partial charge in [0.1, 0.15) is 0 Å². The average Bonchev–Trinajstić information content (AvgIpc) is 2.38. The Morgan fingerprint density at radius 3 is 2.83 bits per heavy atom. The number of nitrogens with one attached hydrogen (secondary N) is 2. The van der Waals surface area contributed by atoms with E-state index in [2.05, 4.69) is 21.7 Å². The van der Waals surface area contributed by atoms with Crippen molar-refractivity contribution in [3.05, 3.63) is 42.1 Å². The van der Waals surface area contributed by atoms with E-state index < -0.39 is 6.03 Å². The fourth-order valence-corrected chi connectivity index (χ4v) is 1.70. The molecule has 4 N–H and O–H groups in total. The minimum atomic E-state index is -0.499. The number of carbonyl (C=O) groups excluding carboxylic acids is 1. The second kappa shape index (κ2) is 5.97. The van der Waals surface area contributed by atoms with Gasteiger partial charge in [-0.2, -0.15) is 0 Å². The molecule has 0 saturated heterocycles. The van der Waals surface area contributed by atoms with Crippen molar-refractivity contribution in [3.8, 4) is 0 Å². The smallest absolute Gasteiger partial charge is 0.312 e. The third kappa shape index (κ3) is 3.43. The summed E-state index contributed by atoms with van der Waals surface area (Å²) >= 11 is 0. The number of pyridine rings is 1. The maximum atomic E-state index is 10.4. The third-order valence-corrected chi connectivity index (χ3v) is 2.56. The average molecular weight is 244 g/mol. The summed E-state index contributed by atoms with van der Waals surface area (Å²) in [4.78, 5) is 15.0. The first-order valence-electron chi connectivity index (χ1n) is 5.84. The summed E-state index contributed by atoms with van der Waals surface area (Å²) in [5.41, 5.74) is 6.93. The summed E-state index contributed by atoms with van der Waals surface area (Å²) < 4.78 is 0. The van der Waals surface area contributed by atoms with Crippen LogP contribution in [0.3, 0.4) is 0 Å². The lowest BCUT2D eigenvalue weighted by Crippen LogP contribution is -2.35. The maximum Gasteiger partial charge on any atom is 0.312 e. The molecule has 0 aliphatic rings. The fraction of sp³-hybridized carbons (Fsp3) is 0.231. The zero-order chi connectivity index (χ0) is 12.8. The van der Waals surface area contributed by atoms with Gasteiger partial charge < -0.3 is 16.4 Å². The highest BCUT2D eigenvalue weighted by atomic mass is 16.2. The third-order valence-electron chi connectivity index (χ3n) is 2.56. The van der Waals surface area contributed by atoms with Crippen LogP contribution in [0.25, 0.3) is 10.9 Å². The Kier molecular flexibility index (Phi) is 4.09. The van der Waals surface area contributed by atoms with Gasteiger partial charge in [0.25, 0.3) is 0 Å². The van der Waals surface area contributed by atoms with Crippen LogP contribution >= 0.6 is 0 Å². The Morgan fingerprint density at radius 2 is 2.00 bits per heavy atom. The van der Waals surface area contributed by atoms with Crippen LogP contribution in [0.2, 0.25) is 0 Å². The van der Waals surface area contributed by atoms with E-state index in [4.69, 9.17) is 5.73 Å². The Morgan fingerprint density at radius 1 is 1.17 bits per heavy atom. The monoisotopic (exact) mass is 244 g/mol. The first kappa shape index (κ1) is 12.3. The SMILES string of the molecule is NC(=O)NCCNCc1ccc2ccccc2n1. The van der Waals surface area contributed by atoms with E-state index in [0.29, 0.717) is 19.6 Å². The van der Waals surface area contributed by atoms with Crippen LogP contribution in [0.5, 0.6) is 0 Å². The van der Waals surface area contributed by atoms with E-state index in [9.17, 15) is 4.79 Å². The molecule has 0 bridgehead atoms. The maximum absolute atomic E-state index is 10.4. The number of hydrogen-bond donors (Lipinski definition) is 3. The normalized spacial score (nSPS) is 10.4. The van der Waals surface area contributed by atoms with Crippen molar-refractivity contribution in [1.82, 2.24) is 15.6 Å². The number of para-hydroxylation sites is 1. The number of benzene rings is 1. The zero-order valence-electron chi connectivity index (χ0n) is 10.0. The molecule has 2 rings (SSSR count). The van der Waals surface area contributed by atoms with Crippen LogP contribution in [0.4, 0.5) is 4.79 Å². The molecule has 0 radical (unpaired) electrons. The first-order valence-corrected chi connectivity index (χ1v) is 5.84. The summed E-state index contributed by atoms with van der Waals surface area (Å²) in [6.07, 6.45) is 0. The number of rotatable bonds is 5. The molecule has 0 aliphatic carbocycles. The van der Waals surface area contributed by atoms with Crippen molar-refractivity contribution in [2.24, 2.45) is 5.73 Å². The lowest BCUT2D eigenvalue weighted by atomic mass is 10.2. The zero-order valence-corrected chi connectivity index (χ0v) is 10.0. The molecule has 2 amide bonds. The number of amides is 2. The molecule has 5 heteroatoms. The molecule has 0 atom stereocenters. The quantitative estimate of drug-likeness (QED) is 0.686. The van der Waals surface area contributed by atoms with E-state index in [1.54, 1.807) is 0 Å². The van der Waals surface area contributed by atoms with E-state index >= 15 is 0 Å². The van der Waals surface area contributed by atoms with Crippen molar-refractivity contribution < 1.29 is 4.79 Å². The van der Waals surface area contributed by atoms with Gasteiger partial charge in [-0.1, -0.05) is 24.3 Å². The lowest BCUT2D eigenvalue weighted by Gasteiger charge is -2.05. The molecule has 5 nitrogen and oxygen atoms in total. The Labute approximate surface area is 105 Å². The number of carbonyl (C=O) groups is 1. The van der Waals surface area contributed by atoms with Crippen LogP contribution in [0, 0.1) is 0 Å². The van der Waals surface area contributed by atoms with Gasteiger partial charge in [0, 0.05) is 25.0 Å².